The molecule has 1 rings (SSSR count). The van der Waals surface area contributed by atoms with Gasteiger partial charge in [0.25, 0.3) is 0 Å². The molecule has 0 bridgehead atoms. The van der Waals surface area contributed by atoms with Crippen molar-refractivity contribution in [3.8, 4) is 0 Å². The monoisotopic (exact) mass is 749 g/mol. The van der Waals surface area contributed by atoms with Crippen LogP contribution in [0.5, 0.6) is 0 Å². The van der Waals surface area contributed by atoms with E-state index in [1.807, 2.05) is 78.8 Å². The molecule has 0 aromatic heterocycles. The number of thiol groups is 1. The Labute approximate surface area is 284 Å². The predicted molar refractivity (Wildman–Crippen MR) is 188 cm³/mol. The van der Waals surface area contributed by atoms with E-state index >= 15 is 0 Å². The van der Waals surface area contributed by atoms with Crippen LogP contribution in [0.15, 0.2) is 30.3 Å². The van der Waals surface area contributed by atoms with Crippen molar-refractivity contribution in [2.45, 2.75) is 97.4 Å². The minimum absolute atomic E-state index is 0.0688. The summed E-state index contributed by atoms with van der Waals surface area (Å²) in [5.41, 5.74) is 5.35. The molecule has 0 aliphatic rings. The zero-order valence-electron chi connectivity index (χ0n) is 27.7. The number of ether oxygens (including phenoxy) is 3. The molecule has 0 radical (unpaired) electrons. The van der Waals surface area contributed by atoms with Crippen molar-refractivity contribution < 1.29 is 28.6 Å². The number of benzene rings is 1. The van der Waals surface area contributed by atoms with E-state index in [0.717, 1.165) is 9.99 Å². The van der Waals surface area contributed by atoms with Crippen LogP contribution in [0.3, 0.4) is 0 Å². The standard InChI is InChI=1S/C33H56IN3O6S/c1-8-32(6,35)27(15-16-28(38)43-21-25-13-11-10-12-14-25)30(40)37-33(7,9-2)24(3)26(22-44)29(39)36-31(4,5)23-42-20-19-41-18-17-34/h10-14,24,26-27,44H,8-9,15-23,35H2,1-7H3,(H,36,39)(H,37,40). The summed E-state index contributed by atoms with van der Waals surface area (Å²) < 4.78 is 17.6. The average Bonchev–Trinajstić information content (AvgIpc) is 2.98. The van der Waals surface area contributed by atoms with Gasteiger partial charge in [-0.3, -0.25) is 14.4 Å². The second-order valence-corrected chi connectivity index (χ2v) is 14.1. The van der Waals surface area contributed by atoms with Crippen LogP contribution in [-0.4, -0.2) is 71.0 Å². The normalized spacial score (nSPS) is 16.6. The number of hydrogen-bond donors (Lipinski definition) is 4. The molecule has 44 heavy (non-hydrogen) atoms. The summed E-state index contributed by atoms with van der Waals surface area (Å²) in [5.74, 6) is -1.82. The number of nitrogens with two attached hydrogens (primary N) is 1. The Morgan fingerprint density at radius 3 is 2.16 bits per heavy atom. The molecule has 252 valence electrons. The van der Waals surface area contributed by atoms with Crippen molar-refractivity contribution in [3.05, 3.63) is 35.9 Å². The number of esters is 1. The van der Waals surface area contributed by atoms with Crippen LogP contribution in [0.1, 0.15) is 79.7 Å². The number of carbonyl (C=O) groups excluding carboxylic acids is 3. The third kappa shape index (κ3) is 13.9. The topological polar surface area (TPSA) is 129 Å². The number of carbonyl (C=O) groups is 3. The quantitative estimate of drug-likeness (QED) is 0.0428. The van der Waals surface area contributed by atoms with Crippen molar-refractivity contribution in [2.24, 2.45) is 23.5 Å². The maximum absolute atomic E-state index is 13.9. The molecule has 2 amide bonds. The highest BCUT2D eigenvalue weighted by atomic mass is 127. The second-order valence-electron chi connectivity index (χ2n) is 12.7. The van der Waals surface area contributed by atoms with E-state index in [1.165, 1.54) is 0 Å². The van der Waals surface area contributed by atoms with Crippen LogP contribution in [0.25, 0.3) is 0 Å². The molecule has 5 unspecified atom stereocenters. The van der Waals surface area contributed by atoms with E-state index in [9.17, 15) is 14.4 Å². The summed E-state index contributed by atoms with van der Waals surface area (Å²) >= 11 is 6.79. The molecule has 0 heterocycles. The molecule has 4 N–H and O–H groups in total. The van der Waals surface area contributed by atoms with Crippen LogP contribution in [0.2, 0.25) is 0 Å². The van der Waals surface area contributed by atoms with Gasteiger partial charge in [0.1, 0.15) is 6.61 Å². The van der Waals surface area contributed by atoms with Crippen LogP contribution < -0.4 is 16.4 Å². The summed E-state index contributed by atoms with van der Waals surface area (Å²) in [4.78, 5) is 39.9. The number of halogens is 1. The van der Waals surface area contributed by atoms with E-state index < -0.39 is 28.5 Å². The summed E-state index contributed by atoms with van der Waals surface area (Å²) in [6, 6.07) is 9.46. The zero-order valence-corrected chi connectivity index (χ0v) is 30.8. The zero-order chi connectivity index (χ0) is 33.4. The molecule has 0 saturated heterocycles. The molecular formula is C33H56IN3O6S. The number of hydrogen-bond acceptors (Lipinski definition) is 8. The van der Waals surface area contributed by atoms with Gasteiger partial charge in [0.2, 0.25) is 11.8 Å². The lowest BCUT2D eigenvalue weighted by atomic mass is 9.74. The third-order valence-corrected chi connectivity index (χ3v) is 9.39. The van der Waals surface area contributed by atoms with Crippen LogP contribution >= 0.6 is 35.2 Å². The van der Waals surface area contributed by atoms with Crippen molar-refractivity contribution in [3.63, 3.8) is 0 Å². The van der Waals surface area contributed by atoms with Crippen molar-refractivity contribution in [2.75, 3.05) is 36.6 Å². The van der Waals surface area contributed by atoms with Gasteiger partial charge in [-0.15, -0.1) is 0 Å². The molecule has 0 aliphatic heterocycles. The van der Waals surface area contributed by atoms with Gasteiger partial charge >= 0.3 is 5.97 Å². The summed E-state index contributed by atoms with van der Waals surface area (Å²) in [7, 11) is 0. The van der Waals surface area contributed by atoms with Gasteiger partial charge in [-0.25, -0.2) is 0 Å². The van der Waals surface area contributed by atoms with E-state index in [4.69, 9.17) is 19.9 Å². The lowest BCUT2D eigenvalue weighted by molar-refractivity contribution is -0.145. The fraction of sp³-hybridized carbons (Fsp3) is 0.727. The molecule has 1 aromatic rings. The van der Waals surface area contributed by atoms with E-state index in [1.54, 1.807) is 0 Å². The number of rotatable bonds is 22. The minimum atomic E-state index is -0.840. The Hall–Kier alpha value is -1.41. The van der Waals surface area contributed by atoms with Gasteiger partial charge in [0.05, 0.1) is 43.8 Å². The molecule has 0 spiro atoms. The largest absolute Gasteiger partial charge is 0.461 e. The van der Waals surface area contributed by atoms with Gasteiger partial charge in [-0.2, -0.15) is 12.6 Å². The Balaban J connectivity index is 2.91. The summed E-state index contributed by atoms with van der Waals surface area (Å²) in [5, 5.41) is 6.35. The molecule has 9 nitrogen and oxygen atoms in total. The number of nitrogens with one attached hydrogen (secondary N) is 2. The molecule has 1 aromatic carbocycles. The first-order chi connectivity index (χ1) is 20.7. The molecule has 0 fully saturated rings. The Morgan fingerprint density at radius 2 is 1.59 bits per heavy atom. The van der Waals surface area contributed by atoms with Gasteiger partial charge in [0, 0.05) is 27.7 Å². The third-order valence-electron chi connectivity index (χ3n) is 8.56. The Bertz CT molecular complexity index is 1010. The fourth-order valence-corrected chi connectivity index (χ4v) is 5.74. The lowest BCUT2D eigenvalue weighted by Gasteiger charge is -2.42. The van der Waals surface area contributed by atoms with Gasteiger partial charge in [-0.1, -0.05) is 73.7 Å². The average molecular weight is 750 g/mol. The Morgan fingerprint density at radius 1 is 0.955 bits per heavy atom. The SMILES string of the molecule is CCC(C)(N)C(CCC(=O)OCc1ccccc1)C(=O)NC(C)(CC)C(C)C(CS)C(=O)NC(C)(C)COCCOCCI. The molecule has 0 aliphatic carbocycles. The highest BCUT2D eigenvalue weighted by molar-refractivity contribution is 14.1. The van der Waals surface area contributed by atoms with Gasteiger partial charge in [0.15, 0.2) is 0 Å². The molecule has 0 saturated carbocycles. The maximum Gasteiger partial charge on any atom is 0.306 e. The lowest BCUT2D eigenvalue weighted by Crippen LogP contribution is -2.60. The summed E-state index contributed by atoms with van der Waals surface area (Å²) in [6.07, 6.45) is 1.45. The van der Waals surface area contributed by atoms with Crippen LogP contribution in [0.4, 0.5) is 0 Å². The van der Waals surface area contributed by atoms with Crippen LogP contribution in [-0.2, 0) is 35.2 Å². The minimum Gasteiger partial charge on any atom is -0.461 e. The van der Waals surface area contributed by atoms with E-state index in [-0.39, 0.29) is 43.2 Å². The van der Waals surface area contributed by atoms with Crippen molar-refractivity contribution in [1.29, 1.82) is 0 Å². The highest BCUT2D eigenvalue weighted by Crippen LogP contribution is 2.32. The Kier molecular flexibility index (Phi) is 18.4. The van der Waals surface area contributed by atoms with Gasteiger partial charge < -0.3 is 30.6 Å². The second kappa shape index (κ2) is 20.0. The van der Waals surface area contributed by atoms with Crippen molar-refractivity contribution in [1.82, 2.24) is 10.6 Å². The molecule has 5 atom stereocenters. The smallest absolute Gasteiger partial charge is 0.306 e. The first-order valence-electron chi connectivity index (χ1n) is 15.6. The van der Waals surface area contributed by atoms with E-state index in [0.29, 0.717) is 45.0 Å². The first kappa shape index (κ1) is 40.6. The first-order valence-corrected chi connectivity index (χ1v) is 17.8. The highest BCUT2D eigenvalue weighted by Gasteiger charge is 2.43. The molecular weight excluding hydrogens is 693 g/mol. The number of alkyl halides is 1. The van der Waals surface area contributed by atoms with Gasteiger partial charge in [-0.05, 0) is 58.4 Å². The van der Waals surface area contributed by atoms with E-state index in [2.05, 4.69) is 45.9 Å². The van der Waals surface area contributed by atoms with Crippen molar-refractivity contribution >= 4 is 53.0 Å². The van der Waals surface area contributed by atoms with Crippen LogP contribution in [0, 0.1) is 17.8 Å². The molecule has 11 heteroatoms. The number of amides is 2. The maximum atomic E-state index is 13.9. The predicted octanol–water partition coefficient (Wildman–Crippen LogP) is 5.08. The summed E-state index contributed by atoms with van der Waals surface area (Å²) in [6.45, 7) is 15.7. The fourth-order valence-electron chi connectivity index (χ4n) is 4.95.